The summed E-state index contributed by atoms with van der Waals surface area (Å²) in [7, 11) is 3.33. The average Bonchev–Trinajstić information content (AvgIpc) is 2.75. The second kappa shape index (κ2) is 9.80. The van der Waals surface area contributed by atoms with E-state index in [4.69, 9.17) is 28.6 Å². The maximum atomic E-state index is 14.6. The largest absolute Gasteiger partial charge is 0.363 e. The van der Waals surface area contributed by atoms with E-state index in [2.05, 4.69) is 10.6 Å². The van der Waals surface area contributed by atoms with E-state index >= 15 is 0 Å². The Hall–Kier alpha value is -3.42. The molecule has 0 saturated carbocycles. The Labute approximate surface area is 194 Å². The topological polar surface area (TPSA) is 85.3 Å². The molecule has 0 radical (unpaired) electrons. The Bertz CT molecular complexity index is 1200. The van der Waals surface area contributed by atoms with Crippen molar-refractivity contribution in [1.29, 1.82) is 5.41 Å². The van der Waals surface area contributed by atoms with Crippen LogP contribution in [0.25, 0.3) is 0 Å². The number of nitrogens with zero attached hydrogens (tertiary/aromatic N) is 1. The van der Waals surface area contributed by atoms with Crippen LogP contribution in [0.5, 0.6) is 0 Å². The molecule has 0 aliphatic heterocycles. The van der Waals surface area contributed by atoms with Crippen molar-refractivity contribution in [3.8, 4) is 0 Å². The molecule has 2 amide bonds. The summed E-state index contributed by atoms with van der Waals surface area (Å²) in [5.74, 6) is -1.93. The van der Waals surface area contributed by atoms with Crippen LogP contribution in [-0.4, -0.2) is 36.6 Å². The standard InChI is InChI=1S/C23H19Cl2FN4O2/c1-30(2)21(27)13-3-9-17(19(26)11-13)22(31)29-20-10-6-15(25)12-18(20)23(32)28-16-7-4-14(24)5-8-16/h3-12,27H,1-2H3,(H,28,32)(H,29,31). The zero-order chi connectivity index (χ0) is 23.4. The van der Waals surface area contributed by atoms with Crippen LogP contribution >= 0.6 is 23.2 Å². The van der Waals surface area contributed by atoms with Crippen LogP contribution < -0.4 is 10.6 Å². The molecule has 32 heavy (non-hydrogen) atoms. The van der Waals surface area contributed by atoms with E-state index in [0.29, 0.717) is 21.3 Å². The summed E-state index contributed by atoms with van der Waals surface area (Å²) in [4.78, 5) is 27.0. The maximum absolute atomic E-state index is 14.6. The molecule has 0 aliphatic carbocycles. The van der Waals surface area contributed by atoms with Crippen molar-refractivity contribution in [2.45, 2.75) is 0 Å². The van der Waals surface area contributed by atoms with Crippen molar-refractivity contribution >= 4 is 52.2 Å². The second-order valence-corrected chi connectivity index (χ2v) is 7.92. The van der Waals surface area contributed by atoms with E-state index in [-0.39, 0.29) is 22.6 Å². The van der Waals surface area contributed by atoms with Crippen LogP contribution in [-0.2, 0) is 0 Å². The van der Waals surface area contributed by atoms with Crippen LogP contribution in [0.2, 0.25) is 10.0 Å². The van der Waals surface area contributed by atoms with Crippen LogP contribution in [0.3, 0.4) is 0 Å². The van der Waals surface area contributed by atoms with Crippen LogP contribution in [0.15, 0.2) is 60.7 Å². The molecule has 0 unspecified atom stereocenters. The number of benzene rings is 3. The average molecular weight is 473 g/mol. The highest BCUT2D eigenvalue weighted by Gasteiger charge is 2.18. The lowest BCUT2D eigenvalue weighted by Gasteiger charge is -2.15. The molecule has 0 heterocycles. The number of nitrogens with one attached hydrogen (secondary N) is 3. The van der Waals surface area contributed by atoms with Gasteiger partial charge in [0, 0.05) is 35.4 Å². The van der Waals surface area contributed by atoms with E-state index in [1.807, 2.05) is 0 Å². The number of hydrogen-bond acceptors (Lipinski definition) is 3. The van der Waals surface area contributed by atoms with Gasteiger partial charge in [-0.2, -0.15) is 0 Å². The molecule has 3 rings (SSSR count). The number of hydrogen-bond donors (Lipinski definition) is 3. The molecule has 164 valence electrons. The summed E-state index contributed by atoms with van der Waals surface area (Å²) in [5.41, 5.74) is 0.877. The van der Waals surface area contributed by atoms with Gasteiger partial charge in [0.05, 0.1) is 16.8 Å². The lowest BCUT2D eigenvalue weighted by molar-refractivity contribution is 0.102. The fraction of sp³-hybridized carbons (Fsp3) is 0.0870. The molecular formula is C23H19Cl2FN4O2. The third kappa shape index (κ3) is 5.43. The molecule has 3 aromatic carbocycles. The molecule has 0 spiro atoms. The number of anilines is 2. The summed E-state index contributed by atoms with van der Waals surface area (Å²) in [5, 5.41) is 14.0. The smallest absolute Gasteiger partial charge is 0.258 e. The van der Waals surface area contributed by atoms with Gasteiger partial charge in [0.1, 0.15) is 11.7 Å². The van der Waals surface area contributed by atoms with E-state index in [0.717, 1.165) is 6.07 Å². The fourth-order valence-electron chi connectivity index (χ4n) is 2.84. The monoisotopic (exact) mass is 472 g/mol. The predicted molar refractivity (Wildman–Crippen MR) is 126 cm³/mol. The van der Waals surface area contributed by atoms with Crippen LogP contribution in [0.1, 0.15) is 26.3 Å². The maximum Gasteiger partial charge on any atom is 0.258 e. The van der Waals surface area contributed by atoms with Crippen LogP contribution in [0, 0.1) is 11.2 Å². The molecule has 3 N–H and O–H groups in total. The molecule has 0 aromatic heterocycles. The van der Waals surface area contributed by atoms with Crippen molar-refractivity contribution in [1.82, 2.24) is 4.90 Å². The van der Waals surface area contributed by atoms with Crippen molar-refractivity contribution in [2.75, 3.05) is 24.7 Å². The zero-order valence-corrected chi connectivity index (χ0v) is 18.7. The van der Waals surface area contributed by atoms with E-state index < -0.39 is 17.6 Å². The normalized spacial score (nSPS) is 10.4. The molecule has 0 aliphatic rings. The van der Waals surface area contributed by atoms with Crippen molar-refractivity contribution in [3.63, 3.8) is 0 Å². The fourth-order valence-corrected chi connectivity index (χ4v) is 3.14. The molecule has 0 fully saturated rings. The summed E-state index contributed by atoms with van der Waals surface area (Å²) in [6.45, 7) is 0. The molecule has 0 atom stereocenters. The number of rotatable bonds is 5. The van der Waals surface area contributed by atoms with Gasteiger partial charge in [-0.05, 0) is 54.6 Å². The minimum Gasteiger partial charge on any atom is -0.363 e. The Morgan fingerprint density at radius 1 is 0.844 bits per heavy atom. The minimum absolute atomic E-state index is 0.104. The van der Waals surface area contributed by atoms with Crippen molar-refractivity contribution in [3.05, 3.63) is 93.2 Å². The van der Waals surface area contributed by atoms with Gasteiger partial charge in [-0.1, -0.05) is 29.3 Å². The van der Waals surface area contributed by atoms with Gasteiger partial charge in [-0.25, -0.2) is 4.39 Å². The summed E-state index contributed by atoms with van der Waals surface area (Å²) in [6.07, 6.45) is 0. The lowest BCUT2D eigenvalue weighted by atomic mass is 10.1. The van der Waals surface area contributed by atoms with Gasteiger partial charge in [-0.15, -0.1) is 0 Å². The van der Waals surface area contributed by atoms with Gasteiger partial charge in [-0.3, -0.25) is 15.0 Å². The first kappa shape index (κ1) is 23.2. The first-order chi connectivity index (χ1) is 15.2. The SMILES string of the molecule is CN(C)C(=N)c1ccc(C(=O)Nc2ccc(Cl)cc2C(=O)Nc2ccc(Cl)cc2)c(F)c1. The molecule has 0 bridgehead atoms. The third-order valence-electron chi connectivity index (χ3n) is 4.51. The van der Waals surface area contributed by atoms with Gasteiger partial charge in [0.15, 0.2) is 0 Å². The second-order valence-electron chi connectivity index (χ2n) is 7.04. The van der Waals surface area contributed by atoms with Gasteiger partial charge >= 0.3 is 0 Å². The quantitative estimate of drug-likeness (QED) is 0.337. The summed E-state index contributed by atoms with van der Waals surface area (Å²) >= 11 is 11.9. The Morgan fingerprint density at radius 2 is 1.47 bits per heavy atom. The number of carbonyl (C=O) groups excluding carboxylic acids is 2. The zero-order valence-electron chi connectivity index (χ0n) is 17.2. The van der Waals surface area contributed by atoms with Crippen molar-refractivity contribution in [2.24, 2.45) is 0 Å². The van der Waals surface area contributed by atoms with E-state index in [1.54, 1.807) is 38.4 Å². The molecule has 6 nitrogen and oxygen atoms in total. The first-order valence-corrected chi connectivity index (χ1v) is 10.1. The Kier molecular flexibility index (Phi) is 7.12. The van der Waals surface area contributed by atoms with Crippen molar-refractivity contribution < 1.29 is 14.0 Å². The lowest BCUT2D eigenvalue weighted by Crippen LogP contribution is -2.23. The van der Waals surface area contributed by atoms with E-state index in [1.165, 1.54) is 35.2 Å². The van der Waals surface area contributed by atoms with Gasteiger partial charge < -0.3 is 15.5 Å². The number of carbonyl (C=O) groups is 2. The molecule has 9 heteroatoms. The van der Waals surface area contributed by atoms with E-state index in [9.17, 15) is 14.0 Å². The minimum atomic E-state index is -0.785. The van der Waals surface area contributed by atoms with Gasteiger partial charge in [0.2, 0.25) is 0 Å². The predicted octanol–water partition coefficient (Wildman–Crippen LogP) is 5.52. The summed E-state index contributed by atoms with van der Waals surface area (Å²) < 4.78 is 14.6. The molecular weight excluding hydrogens is 454 g/mol. The summed E-state index contributed by atoms with van der Waals surface area (Å²) in [6, 6.07) is 14.8. The third-order valence-corrected chi connectivity index (χ3v) is 5.00. The highest BCUT2D eigenvalue weighted by molar-refractivity contribution is 6.31. The Morgan fingerprint density at radius 3 is 2.09 bits per heavy atom. The highest BCUT2D eigenvalue weighted by atomic mass is 35.5. The first-order valence-electron chi connectivity index (χ1n) is 9.39. The highest BCUT2D eigenvalue weighted by Crippen LogP contribution is 2.24. The molecule has 3 aromatic rings. The number of amidine groups is 1. The number of halogens is 3. The van der Waals surface area contributed by atoms with Gasteiger partial charge in [0.25, 0.3) is 11.8 Å². The van der Waals surface area contributed by atoms with Crippen LogP contribution in [0.4, 0.5) is 15.8 Å². The molecule has 0 saturated heterocycles. The number of amides is 2. The Balaban J connectivity index is 1.84.